The van der Waals surface area contributed by atoms with Gasteiger partial charge in [-0.05, 0) is 32.1 Å². The molecule has 0 amide bonds. The third-order valence-corrected chi connectivity index (χ3v) is 6.81. The van der Waals surface area contributed by atoms with Crippen LogP contribution in [0.5, 0.6) is 0 Å². The highest BCUT2D eigenvalue weighted by atomic mass is 28.4. The fourth-order valence-corrected chi connectivity index (χ4v) is 4.39. The fraction of sp³-hybridized carbons (Fsp3) is 1.00. The van der Waals surface area contributed by atoms with Crippen LogP contribution >= 0.6 is 0 Å². The van der Waals surface area contributed by atoms with E-state index in [1.807, 2.05) is 0 Å². The van der Waals surface area contributed by atoms with Gasteiger partial charge in [-0.3, -0.25) is 0 Å². The van der Waals surface area contributed by atoms with E-state index in [4.69, 9.17) is 19.1 Å². The molecule has 6 heteroatoms. The van der Waals surface area contributed by atoms with Crippen LogP contribution in [0.4, 0.5) is 0 Å². The summed E-state index contributed by atoms with van der Waals surface area (Å²) in [6, 6.07) is 1.12. The van der Waals surface area contributed by atoms with Crippen molar-refractivity contribution in [1.29, 1.82) is 0 Å². The van der Waals surface area contributed by atoms with E-state index >= 15 is 0 Å². The molecule has 0 aromatic rings. The molecular formula is C9H24O4Si2. The molecule has 92 valence electrons. The molecule has 0 spiro atoms. The van der Waals surface area contributed by atoms with Crippen molar-refractivity contribution in [2.75, 3.05) is 19.8 Å². The highest BCUT2D eigenvalue weighted by Gasteiger charge is 2.12. The number of aliphatic hydroxyl groups is 2. The summed E-state index contributed by atoms with van der Waals surface area (Å²) in [6.07, 6.45) is 0.259. The molecule has 0 aliphatic carbocycles. The maximum atomic E-state index is 8.98. The third-order valence-electron chi connectivity index (χ3n) is 1.74. The molecule has 4 nitrogen and oxygen atoms in total. The zero-order valence-electron chi connectivity index (χ0n) is 10.0. The number of hydrogen-bond acceptors (Lipinski definition) is 4. The zero-order chi connectivity index (χ0) is 11.7. The van der Waals surface area contributed by atoms with E-state index in [0.29, 0.717) is 6.61 Å². The molecule has 1 atom stereocenters. The highest BCUT2D eigenvalue weighted by Crippen LogP contribution is 2.03. The molecule has 0 saturated heterocycles. The van der Waals surface area contributed by atoms with E-state index in [1.165, 1.54) is 0 Å². The standard InChI is InChI=1S/C9H24O4Si2/c1-15(2,3)13-14-6-4-5-12-8-9(11)7-10/h9-11H,4-8,14H2,1-3H3. The van der Waals surface area contributed by atoms with Gasteiger partial charge in [-0.1, -0.05) is 0 Å². The van der Waals surface area contributed by atoms with Crippen LogP contribution in [0.1, 0.15) is 6.42 Å². The highest BCUT2D eigenvalue weighted by molar-refractivity contribution is 6.73. The molecule has 2 N–H and O–H groups in total. The van der Waals surface area contributed by atoms with Gasteiger partial charge in [0.05, 0.1) is 13.2 Å². The Morgan fingerprint density at radius 2 is 2.00 bits per heavy atom. The van der Waals surface area contributed by atoms with E-state index < -0.39 is 14.4 Å². The third kappa shape index (κ3) is 12.2. The molecule has 15 heavy (non-hydrogen) atoms. The van der Waals surface area contributed by atoms with Gasteiger partial charge < -0.3 is 19.1 Å². The Hall–Kier alpha value is 0.274. The fourth-order valence-electron chi connectivity index (χ4n) is 0.957. The summed E-state index contributed by atoms with van der Waals surface area (Å²) < 4.78 is 11.0. The summed E-state index contributed by atoms with van der Waals surface area (Å²) in [7, 11) is -1.68. The minimum absolute atomic E-state index is 0.229. The first-order valence-electron chi connectivity index (χ1n) is 5.46. The number of aliphatic hydroxyl groups excluding tert-OH is 2. The van der Waals surface area contributed by atoms with Gasteiger partial charge in [0.2, 0.25) is 0 Å². The predicted octanol–water partition coefficient (Wildman–Crippen LogP) is 0.0999. The second kappa shape index (κ2) is 8.43. The van der Waals surface area contributed by atoms with Crippen molar-refractivity contribution in [2.45, 2.75) is 38.2 Å². The Balaban J connectivity index is 3.12. The van der Waals surface area contributed by atoms with E-state index in [2.05, 4.69) is 19.6 Å². The van der Waals surface area contributed by atoms with Crippen molar-refractivity contribution in [3.05, 3.63) is 0 Å². The molecule has 0 heterocycles. The van der Waals surface area contributed by atoms with Gasteiger partial charge in [0, 0.05) is 6.61 Å². The number of hydrogen-bond donors (Lipinski definition) is 2. The summed E-state index contributed by atoms with van der Waals surface area (Å²) >= 11 is 0. The molecule has 0 aliphatic heterocycles. The van der Waals surface area contributed by atoms with Crippen molar-refractivity contribution < 1.29 is 19.1 Å². The molecule has 0 radical (unpaired) electrons. The van der Waals surface area contributed by atoms with Crippen LogP contribution in [0.2, 0.25) is 25.7 Å². The average molecular weight is 252 g/mol. The predicted molar refractivity (Wildman–Crippen MR) is 66.3 cm³/mol. The van der Waals surface area contributed by atoms with Gasteiger partial charge in [-0.2, -0.15) is 0 Å². The summed E-state index contributed by atoms with van der Waals surface area (Å²) in [5.74, 6) is 0. The minimum Gasteiger partial charge on any atom is -0.461 e. The van der Waals surface area contributed by atoms with Crippen LogP contribution < -0.4 is 0 Å². The largest absolute Gasteiger partial charge is 0.461 e. The quantitative estimate of drug-likeness (QED) is 0.451. The Kier molecular flexibility index (Phi) is 8.58. The monoisotopic (exact) mass is 252 g/mol. The first-order chi connectivity index (χ1) is 6.95. The lowest BCUT2D eigenvalue weighted by molar-refractivity contribution is 0.00648. The van der Waals surface area contributed by atoms with Crippen LogP contribution in [-0.4, -0.2) is 54.2 Å². The van der Waals surface area contributed by atoms with Gasteiger partial charge in [0.25, 0.3) is 0 Å². The number of rotatable bonds is 9. The topological polar surface area (TPSA) is 58.9 Å². The van der Waals surface area contributed by atoms with Gasteiger partial charge in [-0.15, -0.1) is 0 Å². The smallest absolute Gasteiger partial charge is 0.169 e. The Labute approximate surface area is 95.7 Å². The second-order valence-corrected chi connectivity index (χ2v) is 11.1. The van der Waals surface area contributed by atoms with Crippen LogP contribution in [0, 0.1) is 0 Å². The van der Waals surface area contributed by atoms with Crippen LogP contribution in [0.15, 0.2) is 0 Å². The van der Waals surface area contributed by atoms with Gasteiger partial charge in [0.1, 0.15) is 15.9 Å². The molecule has 0 bridgehead atoms. The first-order valence-corrected chi connectivity index (χ1v) is 10.4. The first kappa shape index (κ1) is 15.3. The van der Waals surface area contributed by atoms with E-state index in [9.17, 15) is 0 Å². The molecular weight excluding hydrogens is 228 g/mol. The molecule has 0 rings (SSSR count). The van der Waals surface area contributed by atoms with Crippen molar-refractivity contribution >= 4 is 18.1 Å². The normalized spacial score (nSPS) is 15.0. The molecule has 0 saturated carbocycles. The maximum absolute atomic E-state index is 8.98. The SMILES string of the molecule is C[Si](C)(C)O[SiH2]CCCOCC(O)CO. The van der Waals surface area contributed by atoms with Gasteiger partial charge in [-0.25, -0.2) is 0 Å². The zero-order valence-corrected chi connectivity index (χ0v) is 12.4. The second-order valence-electron chi connectivity index (χ2n) is 4.58. The Bertz CT molecular complexity index is 150. The van der Waals surface area contributed by atoms with Crippen molar-refractivity contribution in [2.24, 2.45) is 0 Å². The van der Waals surface area contributed by atoms with Gasteiger partial charge >= 0.3 is 0 Å². The van der Waals surface area contributed by atoms with E-state index in [0.717, 1.165) is 12.5 Å². The summed E-state index contributed by atoms with van der Waals surface area (Å²) in [4.78, 5) is 0. The Morgan fingerprint density at radius 3 is 2.53 bits per heavy atom. The summed E-state index contributed by atoms with van der Waals surface area (Å²) in [5, 5.41) is 17.5. The van der Waals surface area contributed by atoms with Crippen molar-refractivity contribution in [3.63, 3.8) is 0 Å². The molecule has 0 fully saturated rings. The lowest BCUT2D eigenvalue weighted by atomic mass is 10.4. The van der Waals surface area contributed by atoms with Gasteiger partial charge in [0.15, 0.2) is 8.32 Å². The van der Waals surface area contributed by atoms with Crippen LogP contribution in [0.25, 0.3) is 0 Å². The summed E-state index contributed by atoms with van der Waals surface area (Å²) in [5.41, 5.74) is 0. The lowest BCUT2D eigenvalue weighted by Gasteiger charge is -2.17. The molecule has 0 aromatic heterocycles. The van der Waals surface area contributed by atoms with Crippen molar-refractivity contribution in [1.82, 2.24) is 0 Å². The van der Waals surface area contributed by atoms with E-state index in [-0.39, 0.29) is 23.0 Å². The van der Waals surface area contributed by atoms with Crippen LogP contribution in [-0.2, 0) is 8.85 Å². The maximum Gasteiger partial charge on any atom is 0.169 e. The molecule has 0 aromatic carbocycles. The summed E-state index contributed by atoms with van der Waals surface area (Å²) in [6.45, 7) is 7.26. The van der Waals surface area contributed by atoms with E-state index in [1.54, 1.807) is 0 Å². The molecule has 1 unspecified atom stereocenters. The minimum atomic E-state index is -1.30. The lowest BCUT2D eigenvalue weighted by Crippen LogP contribution is -2.27. The van der Waals surface area contributed by atoms with Crippen molar-refractivity contribution in [3.8, 4) is 0 Å². The molecule has 0 aliphatic rings. The average Bonchev–Trinajstić information content (AvgIpc) is 2.14. The van der Waals surface area contributed by atoms with Crippen LogP contribution in [0.3, 0.4) is 0 Å². The number of ether oxygens (including phenoxy) is 1. The Morgan fingerprint density at radius 1 is 1.33 bits per heavy atom.